The van der Waals surface area contributed by atoms with Crippen LogP contribution in [0.2, 0.25) is 0 Å². The summed E-state index contributed by atoms with van der Waals surface area (Å²) in [4.78, 5) is 33.0. The standard InChI is InChI=1S/C26H30N2O3/c1-25(2)22(19-8-9-27-20-7-5-4-6-18(19)20)28(23(25)29)21-16-10-15-11-17(21)14-26(12-15,13-16)24(30)31-3/h4-9,15-17,21-22H,10-14H2,1-3H3/t15?,16-,17?,21-,22?,26-/m0/s1. The fraction of sp³-hybridized carbons (Fsp3) is 0.577. The molecule has 5 heteroatoms. The maximum atomic E-state index is 13.5. The number of amides is 1. The Kier molecular flexibility index (Phi) is 3.92. The van der Waals surface area contributed by atoms with E-state index in [1.54, 1.807) is 0 Å². The third kappa shape index (κ3) is 2.46. The van der Waals surface area contributed by atoms with Gasteiger partial charge >= 0.3 is 5.97 Å². The van der Waals surface area contributed by atoms with E-state index in [1.807, 2.05) is 24.4 Å². The number of pyridine rings is 1. The highest BCUT2D eigenvalue weighted by Crippen LogP contribution is 2.65. The van der Waals surface area contributed by atoms with E-state index in [-0.39, 0.29) is 29.4 Å². The molecule has 5 nitrogen and oxygen atoms in total. The van der Waals surface area contributed by atoms with Crippen molar-refractivity contribution in [3.05, 3.63) is 42.1 Å². The number of carbonyl (C=O) groups is 2. The van der Waals surface area contributed by atoms with E-state index in [9.17, 15) is 9.59 Å². The second kappa shape index (κ2) is 6.30. The lowest BCUT2D eigenvalue weighted by Crippen LogP contribution is -2.70. The number of hydrogen-bond donors (Lipinski definition) is 0. The Hall–Kier alpha value is -2.43. The van der Waals surface area contributed by atoms with E-state index < -0.39 is 5.41 Å². The number of nitrogens with zero attached hydrogens (tertiary/aromatic N) is 2. The lowest BCUT2D eigenvalue weighted by atomic mass is 9.47. The molecule has 1 amide bonds. The Labute approximate surface area is 183 Å². The first kappa shape index (κ1) is 19.3. The van der Waals surface area contributed by atoms with Gasteiger partial charge in [-0.15, -0.1) is 0 Å². The molecule has 1 aromatic carbocycles. The Morgan fingerprint density at radius 2 is 1.81 bits per heavy atom. The highest BCUT2D eigenvalue weighted by atomic mass is 16.5. The van der Waals surface area contributed by atoms with E-state index in [2.05, 4.69) is 35.9 Å². The molecular formula is C26H30N2O3. The van der Waals surface area contributed by atoms with Gasteiger partial charge in [0.25, 0.3) is 0 Å². The van der Waals surface area contributed by atoms with Gasteiger partial charge in [-0.1, -0.05) is 18.2 Å². The average Bonchev–Trinajstić information content (AvgIpc) is 2.76. The summed E-state index contributed by atoms with van der Waals surface area (Å²) in [6.45, 7) is 4.16. The normalized spacial score (nSPS) is 37.7. The molecule has 0 radical (unpaired) electrons. The van der Waals surface area contributed by atoms with Gasteiger partial charge in [0.05, 0.1) is 29.5 Å². The van der Waals surface area contributed by atoms with Crippen molar-refractivity contribution in [1.82, 2.24) is 9.88 Å². The minimum atomic E-state index is -0.432. The second-order valence-electron chi connectivity index (χ2n) is 11.0. The van der Waals surface area contributed by atoms with Crippen molar-refractivity contribution in [2.24, 2.45) is 28.6 Å². The quantitative estimate of drug-likeness (QED) is 0.543. The number of fused-ring (bicyclic) bond motifs is 1. The summed E-state index contributed by atoms with van der Waals surface area (Å²) in [5.41, 5.74) is 1.43. The molecule has 1 saturated heterocycles. The molecule has 4 aliphatic carbocycles. The van der Waals surface area contributed by atoms with Crippen molar-refractivity contribution in [3.63, 3.8) is 0 Å². The van der Waals surface area contributed by atoms with Gasteiger partial charge in [-0.2, -0.15) is 0 Å². The van der Waals surface area contributed by atoms with Gasteiger partial charge in [0.1, 0.15) is 0 Å². The van der Waals surface area contributed by atoms with E-state index in [1.165, 1.54) is 12.7 Å². The SMILES string of the molecule is COC(=O)[C@]12CC3CC(C1)[C@@H](N1C(=O)C(C)(C)C1c1ccnc4ccccc14)[C@@H](C3)C2. The van der Waals surface area contributed by atoms with Gasteiger partial charge in [-0.05, 0) is 81.4 Å². The van der Waals surface area contributed by atoms with Crippen molar-refractivity contribution in [1.29, 1.82) is 0 Å². The zero-order valence-corrected chi connectivity index (χ0v) is 18.5. The van der Waals surface area contributed by atoms with Crippen LogP contribution in [-0.2, 0) is 14.3 Å². The summed E-state index contributed by atoms with van der Waals surface area (Å²) in [5.74, 6) is 1.60. The first-order valence-corrected chi connectivity index (χ1v) is 11.6. The van der Waals surface area contributed by atoms with Crippen LogP contribution in [0, 0.1) is 28.6 Å². The van der Waals surface area contributed by atoms with Crippen LogP contribution in [0.5, 0.6) is 0 Å². The number of esters is 1. The molecular weight excluding hydrogens is 388 g/mol. The lowest BCUT2D eigenvalue weighted by molar-refractivity contribution is -0.203. The Bertz CT molecular complexity index is 1070. The highest BCUT2D eigenvalue weighted by Gasteiger charge is 2.66. The zero-order chi connectivity index (χ0) is 21.5. The maximum absolute atomic E-state index is 13.5. The number of ether oxygens (including phenoxy) is 1. The number of rotatable bonds is 3. The predicted molar refractivity (Wildman–Crippen MR) is 117 cm³/mol. The molecule has 2 heterocycles. The maximum Gasteiger partial charge on any atom is 0.311 e. The summed E-state index contributed by atoms with van der Waals surface area (Å²) in [6.07, 6.45) is 6.84. The number of hydrogen-bond acceptors (Lipinski definition) is 4. The van der Waals surface area contributed by atoms with Crippen LogP contribution in [-0.4, -0.2) is 34.9 Å². The van der Waals surface area contributed by atoms with Crippen molar-refractivity contribution >= 4 is 22.8 Å². The Morgan fingerprint density at radius 3 is 2.52 bits per heavy atom. The van der Waals surface area contributed by atoms with Gasteiger partial charge in [-0.3, -0.25) is 14.6 Å². The number of benzene rings is 1. The molecule has 0 N–H and O–H groups in total. The molecule has 1 aromatic heterocycles. The summed E-state index contributed by atoms with van der Waals surface area (Å²) in [6, 6.07) is 10.6. The smallest absolute Gasteiger partial charge is 0.311 e. The van der Waals surface area contributed by atoms with E-state index >= 15 is 0 Å². The third-order valence-electron chi connectivity index (χ3n) is 8.89. The minimum Gasteiger partial charge on any atom is -0.469 e. The van der Waals surface area contributed by atoms with Crippen molar-refractivity contribution in [3.8, 4) is 0 Å². The Balaban J connectivity index is 1.41. The number of aromatic nitrogens is 1. The molecule has 6 atom stereocenters. The predicted octanol–water partition coefficient (Wildman–Crippen LogP) is 4.51. The van der Waals surface area contributed by atoms with Crippen LogP contribution < -0.4 is 0 Å². The first-order chi connectivity index (χ1) is 14.9. The molecule has 2 aromatic rings. The van der Waals surface area contributed by atoms with Gasteiger partial charge in [0, 0.05) is 17.6 Å². The number of likely N-dealkylation sites (tertiary alicyclic amines) is 1. The van der Waals surface area contributed by atoms with Gasteiger partial charge < -0.3 is 9.64 Å². The summed E-state index contributed by atoms with van der Waals surface area (Å²) in [5, 5.41) is 1.13. The number of carbonyl (C=O) groups excluding carboxylic acids is 2. The number of methoxy groups -OCH3 is 1. The zero-order valence-electron chi connectivity index (χ0n) is 18.5. The van der Waals surface area contributed by atoms with E-state index in [0.29, 0.717) is 17.8 Å². The second-order valence-corrected chi connectivity index (χ2v) is 11.0. The molecule has 5 aliphatic rings. The average molecular weight is 419 g/mol. The fourth-order valence-corrected chi connectivity index (χ4v) is 7.97. The van der Waals surface area contributed by atoms with Gasteiger partial charge in [0.2, 0.25) is 5.91 Å². The minimum absolute atomic E-state index is 0.0303. The summed E-state index contributed by atoms with van der Waals surface area (Å²) >= 11 is 0. The topological polar surface area (TPSA) is 59.5 Å². The summed E-state index contributed by atoms with van der Waals surface area (Å²) in [7, 11) is 1.52. The first-order valence-electron chi connectivity index (χ1n) is 11.6. The molecule has 1 aliphatic heterocycles. The monoisotopic (exact) mass is 418 g/mol. The molecule has 3 unspecified atom stereocenters. The molecule has 4 bridgehead atoms. The van der Waals surface area contributed by atoms with Crippen LogP contribution in [0.15, 0.2) is 36.5 Å². The summed E-state index contributed by atoms with van der Waals surface area (Å²) < 4.78 is 5.24. The van der Waals surface area contributed by atoms with Crippen LogP contribution >= 0.6 is 0 Å². The van der Waals surface area contributed by atoms with Crippen molar-refractivity contribution < 1.29 is 14.3 Å². The van der Waals surface area contributed by atoms with E-state index in [4.69, 9.17) is 4.74 Å². The van der Waals surface area contributed by atoms with Gasteiger partial charge in [-0.25, -0.2) is 0 Å². The molecule has 5 fully saturated rings. The van der Waals surface area contributed by atoms with Crippen LogP contribution in [0.1, 0.15) is 57.6 Å². The molecule has 4 saturated carbocycles. The molecule has 0 spiro atoms. The number of β-lactam (4-membered cyclic amide) rings is 1. The third-order valence-corrected chi connectivity index (χ3v) is 8.89. The van der Waals surface area contributed by atoms with Crippen molar-refractivity contribution in [2.45, 2.75) is 58.0 Å². The fourth-order valence-electron chi connectivity index (χ4n) is 7.97. The number of para-hydroxylation sites is 1. The van der Waals surface area contributed by atoms with Crippen LogP contribution in [0.3, 0.4) is 0 Å². The highest BCUT2D eigenvalue weighted by molar-refractivity contribution is 5.93. The van der Waals surface area contributed by atoms with Gasteiger partial charge in [0.15, 0.2) is 0 Å². The van der Waals surface area contributed by atoms with Crippen molar-refractivity contribution in [2.75, 3.05) is 7.11 Å². The Morgan fingerprint density at radius 1 is 1.10 bits per heavy atom. The lowest BCUT2D eigenvalue weighted by Gasteiger charge is -2.66. The van der Waals surface area contributed by atoms with Crippen LogP contribution in [0.25, 0.3) is 10.9 Å². The molecule has 31 heavy (non-hydrogen) atoms. The largest absolute Gasteiger partial charge is 0.469 e. The van der Waals surface area contributed by atoms with Crippen LogP contribution in [0.4, 0.5) is 0 Å². The molecule has 162 valence electrons. The molecule has 7 rings (SSSR count). The van der Waals surface area contributed by atoms with E-state index in [0.717, 1.165) is 43.0 Å².